The lowest BCUT2D eigenvalue weighted by atomic mass is 9.76. The minimum atomic E-state index is -0.859. The molecule has 4 nitrogen and oxygen atoms in total. The molecule has 0 bridgehead atoms. The summed E-state index contributed by atoms with van der Waals surface area (Å²) in [6.07, 6.45) is 0. The lowest BCUT2D eigenvalue weighted by Crippen LogP contribution is -2.48. The van der Waals surface area contributed by atoms with Crippen molar-refractivity contribution in [3.05, 3.63) is 0 Å². The van der Waals surface area contributed by atoms with E-state index in [0.29, 0.717) is 5.75 Å². The van der Waals surface area contributed by atoms with Crippen molar-refractivity contribution in [3.63, 3.8) is 0 Å². The molecular formula is C11H17NO3S. The third-order valence-corrected chi connectivity index (χ3v) is 4.30. The highest BCUT2D eigenvalue weighted by molar-refractivity contribution is 7.99. The highest BCUT2D eigenvalue weighted by atomic mass is 32.2. The number of methoxy groups -OCH3 is 1. The van der Waals surface area contributed by atoms with Gasteiger partial charge in [0.25, 0.3) is 5.60 Å². The number of nitrogens with zero attached hydrogens (tertiary/aromatic N) is 1. The second-order valence-electron chi connectivity index (χ2n) is 5.27. The molecule has 90 valence electrons. The topological polar surface area (TPSA) is 47.9 Å². The van der Waals surface area contributed by atoms with Crippen LogP contribution in [0.25, 0.3) is 0 Å². The van der Waals surface area contributed by atoms with Crippen molar-refractivity contribution < 1.29 is 14.4 Å². The fourth-order valence-corrected chi connectivity index (χ4v) is 3.67. The Morgan fingerprint density at radius 3 is 2.88 bits per heavy atom. The molecule has 5 heteroatoms. The maximum atomic E-state index is 11.9. The van der Waals surface area contributed by atoms with Gasteiger partial charge in [-0.05, 0) is 0 Å². The van der Waals surface area contributed by atoms with E-state index in [1.165, 1.54) is 7.11 Å². The Morgan fingerprint density at radius 1 is 1.62 bits per heavy atom. The van der Waals surface area contributed by atoms with E-state index in [1.54, 1.807) is 11.8 Å². The van der Waals surface area contributed by atoms with Gasteiger partial charge in [0.1, 0.15) is 0 Å². The van der Waals surface area contributed by atoms with Crippen LogP contribution in [0.5, 0.6) is 0 Å². The smallest absolute Gasteiger partial charge is 0.354 e. The zero-order valence-electron chi connectivity index (χ0n) is 10.1. The molecule has 0 amide bonds. The van der Waals surface area contributed by atoms with E-state index in [9.17, 15) is 4.79 Å². The first-order valence-electron chi connectivity index (χ1n) is 5.34. The van der Waals surface area contributed by atoms with E-state index in [4.69, 9.17) is 9.57 Å². The molecule has 2 atom stereocenters. The van der Waals surface area contributed by atoms with Crippen LogP contribution >= 0.6 is 11.8 Å². The summed E-state index contributed by atoms with van der Waals surface area (Å²) in [4.78, 5) is 17.3. The Bertz CT molecular complexity index is 348. The summed E-state index contributed by atoms with van der Waals surface area (Å²) in [5, 5.41) is 4.14. The molecule has 2 unspecified atom stereocenters. The SMILES string of the molecule is COC(=O)C12CSCC1C(C(C)(C)C)=NO2. The number of rotatable bonds is 1. The lowest BCUT2D eigenvalue weighted by Gasteiger charge is -2.26. The molecule has 2 aliphatic heterocycles. The van der Waals surface area contributed by atoms with E-state index in [-0.39, 0.29) is 17.3 Å². The number of esters is 1. The summed E-state index contributed by atoms with van der Waals surface area (Å²) >= 11 is 1.72. The lowest BCUT2D eigenvalue weighted by molar-refractivity contribution is -0.165. The average Bonchev–Trinajstić information content (AvgIpc) is 2.71. The van der Waals surface area contributed by atoms with Crippen molar-refractivity contribution in [2.45, 2.75) is 26.4 Å². The number of carbonyl (C=O) groups excluding carboxylic acids is 1. The van der Waals surface area contributed by atoms with Crippen molar-refractivity contribution in [2.75, 3.05) is 18.6 Å². The maximum Gasteiger partial charge on any atom is 0.354 e. The maximum absolute atomic E-state index is 11.9. The van der Waals surface area contributed by atoms with Gasteiger partial charge in [0.2, 0.25) is 0 Å². The van der Waals surface area contributed by atoms with Gasteiger partial charge in [-0.2, -0.15) is 11.8 Å². The molecule has 1 fully saturated rings. The van der Waals surface area contributed by atoms with Gasteiger partial charge in [-0.15, -0.1) is 0 Å². The number of hydrogen-bond donors (Lipinski definition) is 0. The van der Waals surface area contributed by atoms with Crippen molar-refractivity contribution in [3.8, 4) is 0 Å². The zero-order valence-corrected chi connectivity index (χ0v) is 10.9. The van der Waals surface area contributed by atoms with Gasteiger partial charge in [-0.1, -0.05) is 25.9 Å². The predicted octanol–water partition coefficient (Wildman–Crippen LogP) is 1.69. The van der Waals surface area contributed by atoms with Crippen molar-refractivity contribution in [1.29, 1.82) is 0 Å². The van der Waals surface area contributed by atoms with Crippen LogP contribution in [0, 0.1) is 11.3 Å². The van der Waals surface area contributed by atoms with Gasteiger partial charge in [-0.3, -0.25) is 0 Å². The first kappa shape index (κ1) is 11.8. The van der Waals surface area contributed by atoms with Crippen molar-refractivity contribution >= 4 is 23.4 Å². The fraction of sp³-hybridized carbons (Fsp3) is 0.818. The number of hydrogen-bond acceptors (Lipinski definition) is 5. The van der Waals surface area contributed by atoms with Gasteiger partial charge in [0.05, 0.1) is 18.7 Å². The largest absolute Gasteiger partial charge is 0.466 e. The molecule has 0 aromatic heterocycles. The molecule has 0 spiro atoms. The fourth-order valence-electron chi connectivity index (χ4n) is 2.22. The highest BCUT2D eigenvalue weighted by Gasteiger charge is 2.60. The van der Waals surface area contributed by atoms with E-state index in [2.05, 4.69) is 25.9 Å². The number of carbonyl (C=O) groups is 1. The van der Waals surface area contributed by atoms with Crippen LogP contribution in [0.4, 0.5) is 0 Å². The Hall–Kier alpha value is -0.710. The average molecular weight is 243 g/mol. The summed E-state index contributed by atoms with van der Waals surface area (Å²) < 4.78 is 4.85. The van der Waals surface area contributed by atoms with Crippen LogP contribution in [-0.4, -0.2) is 35.9 Å². The second kappa shape index (κ2) is 3.65. The summed E-state index contributed by atoms with van der Waals surface area (Å²) in [7, 11) is 1.40. The zero-order chi connectivity index (χ0) is 12.0. The van der Waals surface area contributed by atoms with Gasteiger partial charge in [-0.25, -0.2) is 4.79 Å². The summed E-state index contributed by atoms with van der Waals surface area (Å²) in [5.41, 5.74) is 0.0517. The Morgan fingerprint density at radius 2 is 2.31 bits per heavy atom. The van der Waals surface area contributed by atoms with Gasteiger partial charge < -0.3 is 9.57 Å². The first-order valence-corrected chi connectivity index (χ1v) is 6.50. The molecule has 2 aliphatic rings. The third-order valence-electron chi connectivity index (χ3n) is 3.10. The van der Waals surface area contributed by atoms with Crippen LogP contribution in [0.1, 0.15) is 20.8 Å². The van der Waals surface area contributed by atoms with Crippen LogP contribution < -0.4 is 0 Å². The van der Waals surface area contributed by atoms with Crippen LogP contribution in [-0.2, 0) is 14.4 Å². The number of oxime groups is 1. The number of thioether (sulfide) groups is 1. The minimum Gasteiger partial charge on any atom is -0.466 e. The minimum absolute atomic E-state index is 0.0601. The van der Waals surface area contributed by atoms with Gasteiger partial charge >= 0.3 is 5.97 Å². The first-order chi connectivity index (χ1) is 7.42. The normalized spacial score (nSPS) is 33.0. The third kappa shape index (κ3) is 1.52. The van der Waals surface area contributed by atoms with Gasteiger partial charge in [0, 0.05) is 16.9 Å². The summed E-state index contributed by atoms with van der Waals surface area (Å²) in [5.74, 6) is 1.27. The molecule has 16 heavy (non-hydrogen) atoms. The van der Waals surface area contributed by atoms with E-state index in [1.807, 2.05) is 0 Å². The molecule has 0 aromatic rings. The second-order valence-corrected chi connectivity index (χ2v) is 6.30. The molecule has 2 rings (SSSR count). The van der Waals surface area contributed by atoms with Gasteiger partial charge in [0.15, 0.2) is 0 Å². The molecule has 0 aromatic carbocycles. The molecule has 2 heterocycles. The number of fused-ring (bicyclic) bond motifs is 1. The molecule has 0 N–H and O–H groups in total. The van der Waals surface area contributed by atoms with Crippen molar-refractivity contribution in [2.24, 2.45) is 16.5 Å². The Labute approximate surface area is 99.7 Å². The number of ether oxygens (including phenoxy) is 1. The molecule has 1 saturated heterocycles. The quantitative estimate of drug-likeness (QED) is 0.658. The van der Waals surface area contributed by atoms with Crippen molar-refractivity contribution in [1.82, 2.24) is 0 Å². The predicted molar refractivity (Wildman–Crippen MR) is 63.5 cm³/mol. The molecule has 0 radical (unpaired) electrons. The summed E-state index contributed by atoms with van der Waals surface area (Å²) in [6, 6.07) is 0. The summed E-state index contributed by atoms with van der Waals surface area (Å²) in [6.45, 7) is 6.27. The van der Waals surface area contributed by atoms with E-state index in [0.717, 1.165) is 11.5 Å². The van der Waals surface area contributed by atoms with Crippen LogP contribution in [0.15, 0.2) is 5.16 Å². The standard InChI is InChI=1S/C11H17NO3S/c1-10(2,3)8-7-5-16-6-11(7,15-12-8)9(13)14-4/h7H,5-6H2,1-4H3. The Balaban J connectivity index is 2.31. The van der Waals surface area contributed by atoms with E-state index < -0.39 is 5.60 Å². The highest BCUT2D eigenvalue weighted by Crippen LogP contribution is 2.46. The Kier molecular flexibility index (Phi) is 2.69. The molecule has 0 aliphatic carbocycles. The molecular weight excluding hydrogens is 226 g/mol. The van der Waals surface area contributed by atoms with Crippen LogP contribution in [0.3, 0.4) is 0 Å². The molecule has 0 saturated carbocycles. The van der Waals surface area contributed by atoms with Crippen LogP contribution in [0.2, 0.25) is 0 Å². The monoisotopic (exact) mass is 243 g/mol. The van der Waals surface area contributed by atoms with E-state index >= 15 is 0 Å².